The number of carbonyl (C=O) groups is 2. The number of hydrogen-bond donors (Lipinski definition) is 3. The first-order chi connectivity index (χ1) is 13.7. The molecule has 1 aromatic rings. The van der Waals surface area contributed by atoms with Crippen molar-refractivity contribution in [3.8, 4) is 5.75 Å². The lowest BCUT2D eigenvalue weighted by Crippen LogP contribution is -2.23. The maximum atomic E-state index is 11.2. The van der Waals surface area contributed by atoms with Crippen LogP contribution in [0.1, 0.15) is 89.2 Å². The lowest BCUT2D eigenvalue weighted by molar-refractivity contribution is -0.147. The third-order valence-corrected chi connectivity index (χ3v) is 6.40. The molecular formula is C24H36O5. The number of phenols is 1. The molecule has 3 N–H and O–H groups in total. The third-order valence-electron chi connectivity index (χ3n) is 6.40. The van der Waals surface area contributed by atoms with Crippen LogP contribution >= 0.6 is 0 Å². The second kappa shape index (κ2) is 10.1. The van der Waals surface area contributed by atoms with Gasteiger partial charge in [0, 0.05) is 0 Å². The Hall–Kier alpha value is -2.04. The molecule has 1 saturated carbocycles. The summed E-state index contributed by atoms with van der Waals surface area (Å²) >= 11 is 0. The Morgan fingerprint density at radius 3 is 2.24 bits per heavy atom. The van der Waals surface area contributed by atoms with Crippen LogP contribution < -0.4 is 0 Å². The lowest BCUT2D eigenvalue weighted by Gasteiger charge is -2.18. The number of carboxylic acid groups (broad SMARTS) is 2. The summed E-state index contributed by atoms with van der Waals surface area (Å²) in [5.41, 5.74) is 1.09. The van der Waals surface area contributed by atoms with Gasteiger partial charge in [0.05, 0.1) is 10.8 Å². The molecule has 1 aromatic carbocycles. The number of aromatic hydroxyl groups is 1. The number of aliphatic carboxylic acids is 2. The molecule has 0 unspecified atom stereocenters. The van der Waals surface area contributed by atoms with Crippen molar-refractivity contribution in [1.29, 1.82) is 0 Å². The first-order valence-electron chi connectivity index (χ1n) is 10.9. The van der Waals surface area contributed by atoms with Gasteiger partial charge in [0.25, 0.3) is 0 Å². The summed E-state index contributed by atoms with van der Waals surface area (Å²) in [6, 6.07) is 5.81. The highest BCUT2D eigenvalue weighted by atomic mass is 16.4. The summed E-state index contributed by atoms with van der Waals surface area (Å²) in [6.07, 6.45) is 10.6. The summed E-state index contributed by atoms with van der Waals surface area (Å²) < 4.78 is 0. The minimum atomic E-state index is -0.752. The van der Waals surface area contributed by atoms with Crippen LogP contribution in [0.2, 0.25) is 0 Å². The molecule has 1 fully saturated rings. The van der Waals surface area contributed by atoms with E-state index in [9.17, 15) is 19.8 Å². The Labute approximate surface area is 174 Å². The van der Waals surface area contributed by atoms with Gasteiger partial charge in [-0.3, -0.25) is 9.59 Å². The molecule has 162 valence electrons. The highest BCUT2D eigenvalue weighted by Gasteiger charge is 2.49. The van der Waals surface area contributed by atoms with E-state index in [4.69, 9.17) is 5.11 Å². The number of phenolic OH excluding ortho intramolecular Hbond substituents is 1. The van der Waals surface area contributed by atoms with Gasteiger partial charge in [-0.2, -0.15) is 0 Å². The number of carboxylic acids is 2. The molecule has 0 bridgehead atoms. The Kier molecular flexibility index (Phi) is 8.12. The van der Waals surface area contributed by atoms with Crippen molar-refractivity contribution in [2.75, 3.05) is 0 Å². The lowest BCUT2D eigenvalue weighted by atomic mass is 9.87. The Morgan fingerprint density at radius 2 is 1.62 bits per heavy atom. The largest absolute Gasteiger partial charge is 0.508 e. The Morgan fingerprint density at radius 1 is 0.966 bits per heavy atom. The molecule has 2 rings (SSSR count). The predicted octanol–water partition coefficient (Wildman–Crippen LogP) is 5.57. The molecule has 0 aliphatic heterocycles. The normalized spacial score (nSPS) is 15.2. The molecule has 1 aliphatic rings. The van der Waals surface area contributed by atoms with E-state index in [0.717, 1.165) is 76.2 Å². The van der Waals surface area contributed by atoms with Crippen molar-refractivity contribution in [2.45, 2.75) is 90.9 Å². The summed E-state index contributed by atoms with van der Waals surface area (Å²) in [6.45, 7) is 3.52. The van der Waals surface area contributed by atoms with E-state index in [1.165, 1.54) is 5.56 Å². The van der Waals surface area contributed by atoms with Gasteiger partial charge in [-0.1, -0.05) is 37.8 Å². The molecular weight excluding hydrogens is 368 g/mol. The van der Waals surface area contributed by atoms with Gasteiger partial charge in [-0.05, 0) is 82.4 Å². The van der Waals surface area contributed by atoms with Crippen LogP contribution in [0.25, 0.3) is 0 Å². The van der Waals surface area contributed by atoms with Crippen LogP contribution in [-0.4, -0.2) is 27.3 Å². The first kappa shape index (κ1) is 23.2. The highest BCUT2D eigenvalue weighted by molar-refractivity contribution is 5.77. The van der Waals surface area contributed by atoms with Crippen molar-refractivity contribution in [3.63, 3.8) is 0 Å². The van der Waals surface area contributed by atoms with Crippen molar-refractivity contribution < 1.29 is 24.9 Å². The molecule has 5 nitrogen and oxygen atoms in total. The fourth-order valence-electron chi connectivity index (χ4n) is 3.85. The van der Waals surface area contributed by atoms with Gasteiger partial charge in [0.2, 0.25) is 0 Å². The van der Waals surface area contributed by atoms with Crippen LogP contribution in [-0.2, 0) is 22.4 Å². The van der Waals surface area contributed by atoms with Gasteiger partial charge >= 0.3 is 11.9 Å². The average Bonchev–Trinajstić information content (AvgIpc) is 3.44. The fourth-order valence-corrected chi connectivity index (χ4v) is 3.85. The van der Waals surface area contributed by atoms with Crippen LogP contribution in [0, 0.1) is 10.8 Å². The van der Waals surface area contributed by atoms with Crippen LogP contribution in [0.4, 0.5) is 0 Å². The van der Waals surface area contributed by atoms with Crippen molar-refractivity contribution in [3.05, 3.63) is 29.3 Å². The number of benzene rings is 1. The summed E-state index contributed by atoms with van der Waals surface area (Å²) in [7, 11) is 0. The second-order valence-electron chi connectivity index (χ2n) is 9.36. The molecule has 0 atom stereocenters. The third kappa shape index (κ3) is 7.06. The minimum absolute atomic E-state index is 0.330. The van der Waals surface area contributed by atoms with E-state index in [-0.39, 0.29) is 0 Å². The highest BCUT2D eigenvalue weighted by Crippen LogP contribution is 2.50. The fraction of sp³-hybridized carbons (Fsp3) is 0.667. The predicted molar refractivity (Wildman–Crippen MR) is 113 cm³/mol. The minimum Gasteiger partial charge on any atom is -0.508 e. The molecule has 0 saturated heterocycles. The number of unbranched alkanes of at least 4 members (excludes halogenated alkanes) is 4. The second-order valence-corrected chi connectivity index (χ2v) is 9.36. The quantitative estimate of drug-likeness (QED) is 0.352. The van der Waals surface area contributed by atoms with E-state index in [1.807, 2.05) is 6.07 Å². The van der Waals surface area contributed by atoms with E-state index < -0.39 is 22.8 Å². The molecule has 29 heavy (non-hydrogen) atoms. The zero-order valence-corrected chi connectivity index (χ0v) is 17.9. The number of aryl methyl sites for hydroxylation is 2. The van der Waals surface area contributed by atoms with Gasteiger partial charge in [-0.15, -0.1) is 0 Å². The first-order valence-corrected chi connectivity index (χ1v) is 10.9. The van der Waals surface area contributed by atoms with Gasteiger partial charge in [-0.25, -0.2) is 0 Å². The maximum absolute atomic E-state index is 11.2. The SMILES string of the molecule is CC(C)(CCCCCc1cc(CCCCCC2(C(=O)O)CC2)ccc1O)C(=O)O. The van der Waals surface area contributed by atoms with Crippen LogP contribution in [0.15, 0.2) is 18.2 Å². The zero-order chi connectivity index (χ0) is 21.5. The number of hydrogen-bond acceptors (Lipinski definition) is 3. The molecule has 0 heterocycles. The topological polar surface area (TPSA) is 94.8 Å². The van der Waals surface area contributed by atoms with Crippen molar-refractivity contribution in [1.82, 2.24) is 0 Å². The Balaban J connectivity index is 1.68. The zero-order valence-electron chi connectivity index (χ0n) is 17.9. The number of rotatable bonds is 14. The summed E-state index contributed by atoms with van der Waals surface area (Å²) in [5.74, 6) is -1.05. The smallest absolute Gasteiger partial charge is 0.309 e. The molecule has 0 radical (unpaired) electrons. The summed E-state index contributed by atoms with van der Waals surface area (Å²) in [4.78, 5) is 22.3. The van der Waals surface area contributed by atoms with E-state index in [2.05, 4.69) is 6.07 Å². The van der Waals surface area contributed by atoms with E-state index in [0.29, 0.717) is 12.2 Å². The van der Waals surface area contributed by atoms with Crippen LogP contribution in [0.5, 0.6) is 5.75 Å². The molecule has 0 spiro atoms. The standard InChI is InChI=1S/C24H36O5/c1-23(2,21(26)27)13-7-4-6-10-19-17-18(11-12-20(19)25)9-5-3-8-14-24(15-16-24)22(28)29/h11-12,17,25H,3-10,13-16H2,1-2H3,(H,26,27)(H,28,29). The van der Waals surface area contributed by atoms with E-state index in [1.54, 1.807) is 19.9 Å². The van der Waals surface area contributed by atoms with E-state index >= 15 is 0 Å². The summed E-state index contributed by atoms with van der Waals surface area (Å²) in [5, 5.41) is 28.5. The monoisotopic (exact) mass is 404 g/mol. The van der Waals surface area contributed by atoms with Crippen molar-refractivity contribution >= 4 is 11.9 Å². The average molecular weight is 405 g/mol. The molecule has 1 aliphatic carbocycles. The Bertz CT molecular complexity index is 703. The van der Waals surface area contributed by atoms with Crippen molar-refractivity contribution in [2.24, 2.45) is 10.8 Å². The van der Waals surface area contributed by atoms with Gasteiger partial charge in [0.1, 0.15) is 5.75 Å². The molecule has 5 heteroatoms. The van der Waals surface area contributed by atoms with Gasteiger partial charge in [0.15, 0.2) is 0 Å². The molecule has 0 amide bonds. The molecule has 0 aromatic heterocycles. The van der Waals surface area contributed by atoms with Crippen LogP contribution in [0.3, 0.4) is 0 Å². The van der Waals surface area contributed by atoms with Gasteiger partial charge < -0.3 is 15.3 Å². The maximum Gasteiger partial charge on any atom is 0.309 e.